The molecule has 0 aliphatic carbocycles. The number of phenols is 1. The zero-order chi connectivity index (χ0) is 13.1. The maximum absolute atomic E-state index is 11.9. The van der Waals surface area contributed by atoms with Crippen LogP contribution in [0.15, 0.2) is 36.5 Å². The van der Waals surface area contributed by atoms with E-state index in [4.69, 9.17) is 16.7 Å². The summed E-state index contributed by atoms with van der Waals surface area (Å²) < 4.78 is 0. The van der Waals surface area contributed by atoms with Gasteiger partial charge in [0.2, 0.25) is 0 Å². The van der Waals surface area contributed by atoms with E-state index in [9.17, 15) is 4.79 Å². The lowest BCUT2D eigenvalue weighted by Gasteiger charge is -2.06. The van der Waals surface area contributed by atoms with E-state index >= 15 is 0 Å². The van der Waals surface area contributed by atoms with E-state index in [0.29, 0.717) is 16.4 Å². The highest BCUT2D eigenvalue weighted by molar-refractivity contribution is 6.30. The normalized spacial score (nSPS) is 10.1. The van der Waals surface area contributed by atoms with Gasteiger partial charge in [0.15, 0.2) is 0 Å². The number of aryl methyl sites for hydroxylation is 1. The van der Waals surface area contributed by atoms with Crippen LogP contribution in [0.2, 0.25) is 5.15 Å². The summed E-state index contributed by atoms with van der Waals surface area (Å²) in [6.45, 7) is 1.81. The van der Waals surface area contributed by atoms with Crippen molar-refractivity contribution in [1.29, 1.82) is 0 Å². The van der Waals surface area contributed by atoms with Crippen molar-refractivity contribution in [2.45, 2.75) is 6.92 Å². The van der Waals surface area contributed by atoms with E-state index in [1.165, 1.54) is 18.3 Å². The summed E-state index contributed by atoms with van der Waals surface area (Å²) in [5.74, 6) is -0.144. The number of phenolic OH excluding ortho intramolecular Hbond substituents is 1. The standard InChI is InChI=1S/C13H11ClN2O2/c1-8-6-10(7-15-12(8)14)16-13(18)9-2-4-11(17)5-3-9/h2-7,17H,1H3,(H,16,18). The van der Waals surface area contributed by atoms with Gasteiger partial charge in [-0.3, -0.25) is 4.79 Å². The molecular formula is C13H11ClN2O2. The number of amides is 1. The number of rotatable bonds is 2. The van der Waals surface area contributed by atoms with Crippen LogP contribution < -0.4 is 5.32 Å². The van der Waals surface area contributed by atoms with Crippen LogP contribution in [-0.2, 0) is 0 Å². The average molecular weight is 263 g/mol. The van der Waals surface area contributed by atoms with E-state index in [0.717, 1.165) is 5.56 Å². The lowest BCUT2D eigenvalue weighted by molar-refractivity contribution is 0.102. The van der Waals surface area contributed by atoms with Gasteiger partial charge in [-0.05, 0) is 42.8 Å². The van der Waals surface area contributed by atoms with Crippen molar-refractivity contribution in [1.82, 2.24) is 4.98 Å². The Morgan fingerprint density at radius 1 is 1.33 bits per heavy atom. The highest BCUT2D eigenvalue weighted by Crippen LogP contribution is 2.17. The number of nitrogens with one attached hydrogen (secondary N) is 1. The molecule has 2 N–H and O–H groups in total. The molecule has 0 unspecified atom stereocenters. The van der Waals surface area contributed by atoms with E-state index in [1.54, 1.807) is 18.2 Å². The molecule has 0 atom stereocenters. The molecule has 0 aliphatic heterocycles. The average Bonchev–Trinajstić information content (AvgIpc) is 2.34. The molecule has 4 nitrogen and oxygen atoms in total. The number of aromatic nitrogens is 1. The molecule has 0 aliphatic rings. The van der Waals surface area contributed by atoms with Gasteiger partial charge >= 0.3 is 0 Å². The summed E-state index contributed by atoms with van der Waals surface area (Å²) in [4.78, 5) is 15.8. The number of aromatic hydroxyl groups is 1. The number of hydrogen-bond acceptors (Lipinski definition) is 3. The molecule has 0 saturated heterocycles. The first-order valence-electron chi connectivity index (χ1n) is 5.29. The predicted molar refractivity (Wildman–Crippen MR) is 70.0 cm³/mol. The van der Waals surface area contributed by atoms with Crippen LogP contribution in [0.3, 0.4) is 0 Å². The van der Waals surface area contributed by atoms with Crippen LogP contribution >= 0.6 is 11.6 Å². The van der Waals surface area contributed by atoms with Crippen molar-refractivity contribution in [3.05, 3.63) is 52.8 Å². The van der Waals surface area contributed by atoms with E-state index in [2.05, 4.69) is 10.3 Å². The van der Waals surface area contributed by atoms with Gasteiger partial charge in [0, 0.05) is 5.56 Å². The van der Waals surface area contributed by atoms with Crippen LogP contribution in [0.5, 0.6) is 5.75 Å². The smallest absolute Gasteiger partial charge is 0.255 e. The Hall–Kier alpha value is -2.07. The molecule has 0 fully saturated rings. The van der Waals surface area contributed by atoms with E-state index in [1.807, 2.05) is 6.92 Å². The summed E-state index contributed by atoms with van der Waals surface area (Å²) >= 11 is 5.80. The molecule has 5 heteroatoms. The summed E-state index contributed by atoms with van der Waals surface area (Å²) in [6.07, 6.45) is 1.49. The lowest BCUT2D eigenvalue weighted by Crippen LogP contribution is -2.12. The SMILES string of the molecule is Cc1cc(NC(=O)c2ccc(O)cc2)cnc1Cl. The topological polar surface area (TPSA) is 62.2 Å². The Bertz CT molecular complexity index is 582. The van der Waals surface area contributed by atoms with Crippen LogP contribution in [0, 0.1) is 6.92 Å². The molecule has 92 valence electrons. The molecule has 1 heterocycles. The Labute approximate surface area is 109 Å². The second-order valence-corrected chi connectivity index (χ2v) is 4.19. The molecule has 2 aromatic rings. The van der Waals surface area contributed by atoms with Crippen molar-refractivity contribution >= 4 is 23.2 Å². The fourth-order valence-corrected chi connectivity index (χ4v) is 1.55. The van der Waals surface area contributed by atoms with Gasteiger partial charge in [-0.2, -0.15) is 0 Å². The van der Waals surface area contributed by atoms with Crippen molar-refractivity contribution in [2.75, 3.05) is 5.32 Å². The lowest BCUT2D eigenvalue weighted by atomic mass is 10.2. The highest BCUT2D eigenvalue weighted by Gasteiger charge is 2.07. The summed E-state index contributed by atoms with van der Waals surface area (Å²) in [5.41, 5.74) is 1.83. The Balaban J connectivity index is 2.16. The number of benzene rings is 1. The fourth-order valence-electron chi connectivity index (χ4n) is 1.44. The molecular weight excluding hydrogens is 252 g/mol. The van der Waals surface area contributed by atoms with Crippen molar-refractivity contribution < 1.29 is 9.90 Å². The summed E-state index contributed by atoms with van der Waals surface area (Å²) in [6, 6.07) is 7.75. The maximum Gasteiger partial charge on any atom is 0.255 e. The minimum Gasteiger partial charge on any atom is -0.508 e. The number of carbonyl (C=O) groups is 1. The van der Waals surface area contributed by atoms with Gasteiger partial charge in [0.1, 0.15) is 10.9 Å². The predicted octanol–water partition coefficient (Wildman–Crippen LogP) is 3.00. The largest absolute Gasteiger partial charge is 0.508 e. The molecule has 1 aromatic carbocycles. The summed E-state index contributed by atoms with van der Waals surface area (Å²) in [5, 5.41) is 12.3. The number of halogens is 1. The number of nitrogens with zero attached hydrogens (tertiary/aromatic N) is 1. The minimum absolute atomic E-state index is 0.121. The Kier molecular flexibility index (Phi) is 3.48. The number of carbonyl (C=O) groups excluding carboxylic acids is 1. The molecule has 1 amide bonds. The zero-order valence-corrected chi connectivity index (χ0v) is 10.4. The van der Waals surface area contributed by atoms with Gasteiger partial charge in [-0.25, -0.2) is 4.98 Å². The van der Waals surface area contributed by atoms with Crippen molar-refractivity contribution in [3.8, 4) is 5.75 Å². The molecule has 18 heavy (non-hydrogen) atoms. The first kappa shape index (κ1) is 12.4. The van der Waals surface area contributed by atoms with Gasteiger partial charge < -0.3 is 10.4 Å². The van der Waals surface area contributed by atoms with E-state index in [-0.39, 0.29) is 11.7 Å². The first-order chi connectivity index (χ1) is 8.56. The van der Waals surface area contributed by atoms with Gasteiger partial charge in [-0.1, -0.05) is 11.6 Å². The summed E-state index contributed by atoms with van der Waals surface area (Å²) in [7, 11) is 0. The number of hydrogen-bond donors (Lipinski definition) is 2. The molecule has 1 aromatic heterocycles. The first-order valence-corrected chi connectivity index (χ1v) is 5.66. The molecule has 0 spiro atoms. The van der Waals surface area contributed by atoms with Gasteiger partial charge in [-0.15, -0.1) is 0 Å². The maximum atomic E-state index is 11.9. The third-order valence-corrected chi connectivity index (χ3v) is 2.80. The minimum atomic E-state index is -0.265. The zero-order valence-electron chi connectivity index (χ0n) is 9.64. The monoisotopic (exact) mass is 262 g/mol. The third kappa shape index (κ3) is 2.78. The molecule has 0 radical (unpaired) electrons. The second kappa shape index (κ2) is 5.06. The number of anilines is 1. The van der Waals surface area contributed by atoms with Crippen LogP contribution in [0.25, 0.3) is 0 Å². The molecule has 2 rings (SSSR count). The fraction of sp³-hybridized carbons (Fsp3) is 0.0769. The van der Waals surface area contributed by atoms with Gasteiger partial charge in [0.25, 0.3) is 5.91 Å². The van der Waals surface area contributed by atoms with E-state index < -0.39 is 0 Å². The second-order valence-electron chi connectivity index (χ2n) is 3.83. The van der Waals surface area contributed by atoms with Crippen molar-refractivity contribution in [2.24, 2.45) is 0 Å². The number of pyridine rings is 1. The molecule has 0 bridgehead atoms. The van der Waals surface area contributed by atoms with Crippen LogP contribution in [-0.4, -0.2) is 16.0 Å². The highest BCUT2D eigenvalue weighted by atomic mass is 35.5. The Morgan fingerprint density at radius 2 is 2.00 bits per heavy atom. The third-order valence-electron chi connectivity index (χ3n) is 2.40. The van der Waals surface area contributed by atoms with Gasteiger partial charge in [0.05, 0.1) is 11.9 Å². The quantitative estimate of drug-likeness (QED) is 0.818. The van der Waals surface area contributed by atoms with Crippen LogP contribution in [0.1, 0.15) is 15.9 Å². The Morgan fingerprint density at radius 3 is 2.61 bits per heavy atom. The molecule has 0 saturated carbocycles. The van der Waals surface area contributed by atoms with Crippen LogP contribution in [0.4, 0.5) is 5.69 Å². The van der Waals surface area contributed by atoms with Crippen molar-refractivity contribution in [3.63, 3.8) is 0 Å².